The number of nitrogens with one attached hydrogen (secondary N) is 2. The van der Waals surface area contributed by atoms with Gasteiger partial charge in [-0.2, -0.15) is 11.8 Å². The molecule has 214 valence electrons. The minimum Gasteiger partial charge on any atom is -0.444 e. The summed E-state index contributed by atoms with van der Waals surface area (Å²) in [6.45, 7) is 11.8. The third-order valence-corrected chi connectivity index (χ3v) is 6.95. The number of carbonyl (C=O) groups excluding carboxylic acids is 3. The van der Waals surface area contributed by atoms with Crippen molar-refractivity contribution in [3.05, 3.63) is 65.2 Å². The Balaban J connectivity index is 2.52. The molecule has 7 nitrogen and oxygen atoms in total. The molecular formula is C31H45N3O4S. The predicted molar refractivity (Wildman–Crippen MR) is 161 cm³/mol. The van der Waals surface area contributed by atoms with Crippen LogP contribution in [-0.2, 0) is 20.7 Å². The number of thioether (sulfide) groups is 1. The molecule has 2 aromatic carbocycles. The summed E-state index contributed by atoms with van der Waals surface area (Å²) in [4.78, 5) is 42.5. The maximum absolute atomic E-state index is 14.2. The average molecular weight is 556 g/mol. The number of para-hydroxylation sites is 1. The highest BCUT2D eigenvalue weighted by molar-refractivity contribution is 7.98. The van der Waals surface area contributed by atoms with E-state index in [1.54, 1.807) is 37.4 Å². The van der Waals surface area contributed by atoms with Crippen molar-refractivity contribution >= 4 is 35.4 Å². The number of benzene rings is 2. The number of ether oxygens (including phenoxy) is 1. The van der Waals surface area contributed by atoms with Gasteiger partial charge in [-0.1, -0.05) is 62.7 Å². The highest BCUT2D eigenvalue weighted by Gasteiger charge is 2.36. The minimum absolute atomic E-state index is 0.293. The third kappa shape index (κ3) is 10.2. The Morgan fingerprint density at radius 1 is 1.03 bits per heavy atom. The fourth-order valence-corrected chi connectivity index (χ4v) is 4.63. The number of nitrogens with zero attached hydrogens (tertiary/aromatic N) is 1. The number of unbranched alkanes of at least 4 members (excludes halogenated alkanes) is 1. The van der Waals surface area contributed by atoms with Gasteiger partial charge in [0.1, 0.15) is 17.7 Å². The van der Waals surface area contributed by atoms with Gasteiger partial charge in [-0.3, -0.25) is 9.59 Å². The van der Waals surface area contributed by atoms with Crippen molar-refractivity contribution in [3.63, 3.8) is 0 Å². The van der Waals surface area contributed by atoms with Gasteiger partial charge in [0.25, 0.3) is 5.91 Å². The Bertz CT molecular complexity index is 1080. The Morgan fingerprint density at radius 2 is 1.69 bits per heavy atom. The lowest BCUT2D eigenvalue weighted by Gasteiger charge is -2.34. The fourth-order valence-electron chi connectivity index (χ4n) is 4.16. The lowest BCUT2D eigenvalue weighted by Crippen LogP contribution is -2.52. The Morgan fingerprint density at radius 3 is 2.26 bits per heavy atom. The van der Waals surface area contributed by atoms with Crippen molar-refractivity contribution < 1.29 is 19.1 Å². The van der Waals surface area contributed by atoms with Crippen LogP contribution in [0.15, 0.2) is 48.5 Å². The molecule has 0 saturated carbocycles. The maximum Gasteiger partial charge on any atom is 0.408 e. The number of anilines is 1. The van der Waals surface area contributed by atoms with Gasteiger partial charge < -0.3 is 20.3 Å². The first-order chi connectivity index (χ1) is 18.5. The normalized spacial score (nSPS) is 12.8. The van der Waals surface area contributed by atoms with Crippen LogP contribution in [0.1, 0.15) is 76.6 Å². The highest BCUT2D eigenvalue weighted by Crippen LogP contribution is 2.27. The summed E-state index contributed by atoms with van der Waals surface area (Å²) in [7, 11) is 0. The van der Waals surface area contributed by atoms with Crippen LogP contribution in [0.25, 0.3) is 0 Å². The van der Waals surface area contributed by atoms with Crippen molar-refractivity contribution in [2.75, 3.05) is 23.9 Å². The van der Waals surface area contributed by atoms with Gasteiger partial charge in [-0.15, -0.1) is 0 Å². The number of rotatable bonds is 13. The van der Waals surface area contributed by atoms with E-state index in [1.807, 2.05) is 68.6 Å². The largest absolute Gasteiger partial charge is 0.444 e. The summed E-state index contributed by atoms with van der Waals surface area (Å²) in [6, 6.07) is 13.7. The molecule has 0 spiro atoms. The lowest BCUT2D eigenvalue weighted by atomic mass is 9.99. The molecule has 3 amide bonds. The second kappa shape index (κ2) is 15.6. The molecular weight excluding hydrogens is 510 g/mol. The first-order valence-corrected chi connectivity index (χ1v) is 15.1. The SMILES string of the molecule is CCCCN(C(=O)C(CCSC)NC(=O)OC(C)(C)C)C(C(=O)Nc1ccccc1C)c1ccc(CC)cc1. The van der Waals surface area contributed by atoms with Crippen LogP contribution in [0.4, 0.5) is 10.5 Å². The molecule has 2 N–H and O–H groups in total. The number of hydrogen-bond acceptors (Lipinski definition) is 5. The van der Waals surface area contributed by atoms with Crippen LogP contribution in [0.3, 0.4) is 0 Å². The topological polar surface area (TPSA) is 87.7 Å². The molecule has 0 heterocycles. The monoisotopic (exact) mass is 555 g/mol. The van der Waals surface area contributed by atoms with E-state index in [9.17, 15) is 14.4 Å². The van der Waals surface area contributed by atoms with Crippen molar-refractivity contribution in [1.82, 2.24) is 10.2 Å². The summed E-state index contributed by atoms with van der Waals surface area (Å²) < 4.78 is 5.46. The van der Waals surface area contributed by atoms with Gasteiger partial charge in [-0.05, 0) is 81.7 Å². The first kappa shape index (κ1) is 32.2. The number of carbonyl (C=O) groups is 3. The Kier molecular flexibility index (Phi) is 12.8. The number of hydrogen-bond donors (Lipinski definition) is 2. The van der Waals surface area contributed by atoms with Crippen LogP contribution in [0.2, 0.25) is 0 Å². The molecule has 8 heteroatoms. The van der Waals surface area contributed by atoms with Crippen LogP contribution < -0.4 is 10.6 Å². The molecule has 39 heavy (non-hydrogen) atoms. The lowest BCUT2D eigenvalue weighted by molar-refractivity contribution is -0.141. The third-order valence-electron chi connectivity index (χ3n) is 6.30. The molecule has 0 aliphatic rings. The van der Waals surface area contributed by atoms with E-state index in [1.165, 1.54) is 0 Å². The van der Waals surface area contributed by atoms with Gasteiger partial charge in [0.05, 0.1) is 0 Å². The molecule has 0 saturated heterocycles. The highest BCUT2D eigenvalue weighted by atomic mass is 32.2. The summed E-state index contributed by atoms with van der Waals surface area (Å²) in [5, 5.41) is 5.84. The van der Waals surface area contributed by atoms with Crippen molar-refractivity contribution in [3.8, 4) is 0 Å². The molecule has 2 atom stereocenters. The van der Waals surface area contributed by atoms with E-state index >= 15 is 0 Å². The van der Waals surface area contributed by atoms with E-state index in [4.69, 9.17) is 4.74 Å². The van der Waals surface area contributed by atoms with Gasteiger partial charge >= 0.3 is 6.09 Å². The van der Waals surface area contributed by atoms with Crippen LogP contribution >= 0.6 is 11.8 Å². The second-order valence-electron chi connectivity index (χ2n) is 10.7. The zero-order chi connectivity index (χ0) is 29.0. The predicted octanol–water partition coefficient (Wildman–Crippen LogP) is 6.51. The van der Waals surface area contributed by atoms with Crippen molar-refractivity contribution in [1.29, 1.82) is 0 Å². The molecule has 2 rings (SSSR count). The second-order valence-corrected chi connectivity index (χ2v) is 11.7. The van der Waals surface area contributed by atoms with Crippen molar-refractivity contribution in [2.45, 2.75) is 84.9 Å². The average Bonchev–Trinajstić information content (AvgIpc) is 2.89. The van der Waals surface area contributed by atoms with Gasteiger partial charge in [0.2, 0.25) is 5.91 Å². The smallest absolute Gasteiger partial charge is 0.408 e. The van der Waals surface area contributed by atoms with Gasteiger partial charge in [0.15, 0.2) is 0 Å². The Labute approximate surface area is 238 Å². The van der Waals surface area contributed by atoms with Gasteiger partial charge in [0, 0.05) is 12.2 Å². The summed E-state index contributed by atoms with van der Waals surface area (Å²) in [6.07, 6.45) is 4.16. The molecule has 0 aliphatic heterocycles. The number of alkyl carbamates (subject to hydrolysis) is 1. The fraction of sp³-hybridized carbons (Fsp3) is 0.516. The molecule has 2 unspecified atom stereocenters. The molecule has 0 fully saturated rings. The molecule has 0 radical (unpaired) electrons. The van der Waals surface area contributed by atoms with E-state index in [0.29, 0.717) is 30.8 Å². The van der Waals surface area contributed by atoms with Crippen molar-refractivity contribution in [2.24, 2.45) is 0 Å². The zero-order valence-electron chi connectivity index (χ0n) is 24.5. The van der Waals surface area contributed by atoms with E-state index < -0.39 is 23.8 Å². The number of amides is 3. The summed E-state index contributed by atoms with van der Waals surface area (Å²) in [5.41, 5.74) is 2.81. The standard InChI is InChI=1S/C31H45N3O4S/c1-8-10-20-34(29(36)26(19-21-39-7)33-30(37)38-31(4,5)6)27(24-17-15-23(9-2)16-18-24)28(35)32-25-14-12-11-13-22(25)3/h11-18,26-27H,8-10,19-21H2,1-7H3,(H,32,35)(H,33,37). The van der Waals surface area contributed by atoms with Crippen LogP contribution in [0.5, 0.6) is 0 Å². The van der Waals surface area contributed by atoms with E-state index in [-0.39, 0.29) is 11.8 Å². The van der Waals surface area contributed by atoms with Crippen LogP contribution in [-0.4, -0.2) is 53.0 Å². The quantitative estimate of drug-likeness (QED) is 0.294. The molecule has 2 aromatic rings. The van der Waals surface area contributed by atoms with Crippen LogP contribution in [0, 0.1) is 6.92 Å². The van der Waals surface area contributed by atoms with Gasteiger partial charge in [-0.25, -0.2) is 4.79 Å². The zero-order valence-corrected chi connectivity index (χ0v) is 25.3. The minimum atomic E-state index is -0.869. The molecule has 0 aliphatic carbocycles. The first-order valence-electron chi connectivity index (χ1n) is 13.7. The summed E-state index contributed by atoms with van der Waals surface area (Å²) in [5.74, 6) is 0.0748. The maximum atomic E-state index is 14.2. The molecule has 0 bridgehead atoms. The van der Waals surface area contributed by atoms with E-state index in [2.05, 4.69) is 17.6 Å². The summed E-state index contributed by atoms with van der Waals surface area (Å²) >= 11 is 1.59. The van der Waals surface area contributed by atoms with E-state index in [0.717, 1.165) is 29.5 Å². The molecule has 0 aromatic heterocycles. The Hall–Kier alpha value is -3.00. The number of aryl methyl sites for hydroxylation is 2.